The summed E-state index contributed by atoms with van der Waals surface area (Å²) in [6.07, 6.45) is 3.06. The molecule has 2 aromatic rings. The van der Waals surface area contributed by atoms with Gasteiger partial charge in [-0.2, -0.15) is 0 Å². The molecule has 1 aliphatic heterocycles. The van der Waals surface area contributed by atoms with E-state index in [4.69, 9.17) is 4.42 Å². The van der Waals surface area contributed by atoms with Crippen LogP contribution in [0.2, 0.25) is 0 Å². The SMILES string of the molecule is O=C(c1ccoc1)N1CCN(Cc2cccs2)CC1. The number of thiophene rings is 1. The number of hydrogen-bond acceptors (Lipinski definition) is 4. The Labute approximate surface area is 116 Å². The second kappa shape index (κ2) is 5.59. The molecule has 19 heavy (non-hydrogen) atoms. The molecule has 3 rings (SSSR count). The van der Waals surface area contributed by atoms with Crippen molar-refractivity contribution in [2.75, 3.05) is 26.2 Å². The van der Waals surface area contributed by atoms with Crippen LogP contribution in [-0.2, 0) is 6.54 Å². The Hall–Kier alpha value is -1.59. The number of carbonyl (C=O) groups excluding carboxylic acids is 1. The molecule has 0 bridgehead atoms. The van der Waals surface area contributed by atoms with E-state index in [0.717, 1.165) is 32.7 Å². The Bertz CT molecular complexity index is 514. The van der Waals surface area contributed by atoms with Crippen LogP contribution >= 0.6 is 11.3 Å². The van der Waals surface area contributed by atoms with E-state index < -0.39 is 0 Å². The summed E-state index contributed by atoms with van der Waals surface area (Å²) in [5, 5.41) is 2.11. The number of rotatable bonds is 3. The molecule has 1 saturated heterocycles. The molecule has 2 aromatic heterocycles. The van der Waals surface area contributed by atoms with Crippen molar-refractivity contribution in [1.29, 1.82) is 0 Å². The van der Waals surface area contributed by atoms with E-state index in [9.17, 15) is 4.79 Å². The Balaban J connectivity index is 1.53. The van der Waals surface area contributed by atoms with Crippen molar-refractivity contribution in [3.05, 3.63) is 46.5 Å². The third kappa shape index (κ3) is 2.88. The third-order valence-corrected chi connectivity index (χ3v) is 4.25. The highest BCUT2D eigenvalue weighted by atomic mass is 32.1. The average molecular weight is 276 g/mol. The van der Waals surface area contributed by atoms with Crippen LogP contribution in [0, 0.1) is 0 Å². The minimum atomic E-state index is 0.0736. The fourth-order valence-electron chi connectivity index (χ4n) is 2.30. The zero-order valence-corrected chi connectivity index (χ0v) is 11.4. The highest BCUT2D eigenvalue weighted by Gasteiger charge is 2.22. The maximum Gasteiger partial charge on any atom is 0.257 e. The quantitative estimate of drug-likeness (QED) is 0.863. The summed E-state index contributed by atoms with van der Waals surface area (Å²) in [6.45, 7) is 4.43. The van der Waals surface area contributed by atoms with Crippen molar-refractivity contribution >= 4 is 17.2 Å². The van der Waals surface area contributed by atoms with Crippen LogP contribution in [0.25, 0.3) is 0 Å². The zero-order valence-electron chi connectivity index (χ0n) is 10.6. The number of carbonyl (C=O) groups is 1. The van der Waals surface area contributed by atoms with Crippen molar-refractivity contribution in [3.8, 4) is 0 Å². The van der Waals surface area contributed by atoms with Gasteiger partial charge in [0.05, 0.1) is 11.8 Å². The molecule has 0 atom stereocenters. The molecule has 0 aliphatic carbocycles. The number of piperazine rings is 1. The van der Waals surface area contributed by atoms with E-state index in [-0.39, 0.29) is 5.91 Å². The maximum atomic E-state index is 12.1. The van der Waals surface area contributed by atoms with E-state index in [1.54, 1.807) is 23.7 Å². The van der Waals surface area contributed by atoms with Crippen LogP contribution in [0.3, 0.4) is 0 Å². The Morgan fingerprint density at radius 1 is 1.26 bits per heavy atom. The molecule has 0 saturated carbocycles. The molecule has 0 N–H and O–H groups in total. The minimum Gasteiger partial charge on any atom is -0.472 e. The molecule has 1 aliphatic rings. The van der Waals surface area contributed by atoms with Crippen LogP contribution in [0.15, 0.2) is 40.5 Å². The van der Waals surface area contributed by atoms with Crippen LogP contribution < -0.4 is 0 Å². The van der Waals surface area contributed by atoms with Gasteiger partial charge >= 0.3 is 0 Å². The normalized spacial score (nSPS) is 16.7. The number of amides is 1. The van der Waals surface area contributed by atoms with Gasteiger partial charge in [0.2, 0.25) is 0 Å². The van der Waals surface area contributed by atoms with Crippen LogP contribution in [0.1, 0.15) is 15.2 Å². The van der Waals surface area contributed by atoms with E-state index in [2.05, 4.69) is 22.4 Å². The van der Waals surface area contributed by atoms with Gasteiger partial charge in [-0.1, -0.05) is 6.07 Å². The summed E-state index contributed by atoms with van der Waals surface area (Å²) in [6, 6.07) is 5.96. The van der Waals surface area contributed by atoms with E-state index in [1.807, 2.05) is 4.90 Å². The van der Waals surface area contributed by atoms with Crippen LogP contribution in [-0.4, -0.2) is 41.9 Å². The average Bonchev–Trinajstić information content (AvgIpc) is 3.12. The second-order valence-corrected chi connectivity index (χ2v) is 5.69. The fourth-order valence-corrected chi connectivity index (χ4v) is 3.05. The minimum absolute atomic E-state index is 0.0736. The first-order chi connectivity index (χ1) is 9.33. The molecule has 5 heteroatoms. The molecule has 1 amide bonds. The van der Waals surface area contributed by atoms with E-state index in [0.29, 0.717) is 5.56 Å². The van der Waals surface area contributed by atoms with Gasteiger partial charge in [-0.3, -0.25) is 9.69 Å². The molecule has 0 spiro atoms. The second-order valence-electron chi connectivity index (χ2n) is 4.66. The monoisotopic (exact) mass is 276 g/mol. The van der Waals surface area contributed by atoms with Crippen molar-refractivity contribution in [2.45, 2.75) is 6.54 Å². The van der Waals surface area contributed by atoms with Crippen LogP contribution in [0.4, 0.5) is 0 Å². The summed E-state index contributed by atoms with van der Waals surface area (Å²) in [5.41, 5.74) is 0.645. The largest absolute Gasteiger partial charge is 0.472 e. The van der Waals surface area contributed by atoms with E-state index >= 15 is 0 Å². The summed E-state index contributed by atoms with van der Waals surface area (Å²) in [4.78, 5) is 17.8. The first-order valence-electron chi connectivity index (χ1n) is 6.39. The first-order valence-corrected chi connectivity index (χ1v) is 7.27. The Kier molecular flexibility index (Phi) is 3.66. The molecule has 100 valence electrons. The molecule has 0 unspecified atom stereocenters. The van der Waals surface area contributed by atoms with Gasteiger partial charge in [0.15, 0.2) is 0 Å². The van der Waals surface area contributed by atoms with Gasteiger partial charge < -0.3 is 9.32 Å². The van der Waals surface area contributed by atoms with Gasteiger partial charge in [0, 0.05) is 37.6 Å². The molecular weight excluding hydrogens is 260 g/mol. The Morgan fingerprint density at radius 3 is 2.74 bits per heavy atom. The number of furan rings is 1. The summed E-state index contributed by atoms with van der Waals surface area (Å²) >= 11 is 1.79. The van der Waals surface area contributed by atoms with Crippen molar-refractivity contribution in [2.24, 2.45) is 0 Å². The maximum absolute atomic E-state index is 12.1. The summed E-state index contributed by atoms with van der Waals surface area (Å²) < 4.78 is 4.96. The number of nitrogens with zero attached hydrogens (tertiary/aromatic N) is 2. The number of hydrogen-bond donors (Lipinski definition) is 0. The van der Waals surface area contributed by atoms with Gasteiger partial charge in [0.1, 0.15) is 6.26 Å². The van der Waals surface area contributed by atoms with Gasteiger partial charge in [-0.15, -0.1) is 11.3 Å². The fraction of sp³-hybridized carbons (Fsp3) is 0.357. The molecule has 3 heterocycles. The topological polar surface area (TPSA) is 36.7 Å². The first kappa shape index (κ1) is 12.4. The van der Waals surface area contributed by atoms with Gasteiger partial charge in [0.25, 0.3) is 5.91 Å². The standard InChI is InChI=1S/C14H16N2O2S/c17-14(12-3-8-18-11-12)16-6-4-15(5-7-16)10-13-2-1-9-19-13/h1-3,8-9,11H,4-7,10H2. The van der Waals surface area contributed by atoms with Crippen molar-refractivity contribution < 1.29 is 9.21 Å². The predicted octanol–water partition coefficient (Wildman–Crippen LogP) is 2.30. The lowest BCUT2D eigenvalue weighted by Crippen LogP contribution is -2.48. The molecule has 0 aromatic carbocycles. The van der Waals surface area contributed by atoms with Gasteiger partial charge in [-0.25, -0.2) is 0 Å². The summed E-state index contributed by atoms with van der Waals surface area (Å²) in [7, 11) is 0. The van der Waals surface area contributed by atoms with Crippen molar-refractivity contribution in [1.82, 2.24) is 9.80 Å². The third-order valence-electron chi connectivity index (χ3n) is 3.39. The smallest absolute Gasteiger partial charge is 0.257 e. The highest BCUT2D eigenvalue weighted by Crippen LogP contribution is 2.14. The zero-order chi connectivity index (χ0) is 13.1. The lowest BCUT2D eigenvalue weighted by molar-refractivity contribution is 0.0629. The Morgan fingerprint density at radius 2 is 2.11 bits per heavy atom. The molecule has 1 fully saturated rings. The van der Waals surface area contributed by atoms with Gasteiger partial charge in [-0.05, 0) is 17.5 Å². The van der Waals surface area contributed by atoms with Crippen LogP contribution in [0.5, 0.6) is 0 Å². The summed E-state index contributed by atoms with van der Waals surface area (Å²) in [5.74, 6) is 0.0736. The molecular formula is C14H16N2O2S. The van der Waals surface area contributed by atoms with E-state index in [1.165, 1.54) is 11.1 Å². The highest BCUT2D eigenvalue weighted by molar-refractivity contribution is 7.09. The predicted molar refractivity (Wildman–Crippen MR) is 74.2 cm³/mol. The molecule has 0 radical (unpaired) electrons. The van der Waals surface area contributed by atoms with Crippen molar-refractivity contribution in [3.63, 3.8) is 0 Å². The molecule has 4 nitrogen and oxygen atoms in total. The lowest BCUT2D eigenvalue weighted by Gasteiger charge is -2.34. The lowest BCUT2D eigenvalue weighted by atomic mass is 10.2.